The lowest BCUT2D eigenvalue weighted by Crippen LogP contribution is -2.47. The van der Waals surface area contributed by atoms with E-state index < -0.39 is 17.6 Å². The molecule has 0 aromatic carbocycles. The fraction of sp³-hybridized carbons (Fsp3) is 0.538. The number of rotatable bonds is 5. The van der Waals surface area contributed by atoms with Crippen LogP contribution in [0.15, 0.2) is 12.1 Å². The van der Waals surface area contributed by atoms with Crippen molar-refractivity contribution >= 4 is 23.3 Å². The molecule has 1 aliphatic carbocycles. The molecule has 2 N–H and O–H groups in total. The van der Waals surface area contributed by atoms with Crippen molar-refractivity contribution < 1.29 is 18.0 Å². The summed E-state index contributed by atoms with van der Waals surface area (Å²) >= 11 is 5.80. The third-order valence-electron chi connectivity index (χ3n) is 3.26. The van der Waals surface area contributed by atoms with Crippen molar-refractivity contribution in [3.8, 4) is 0 Å². The number of pyridine rings is 1. The predicted octanol–water partition coefficient (Wildman–Crippen LogP) is 3.38. The van der Waals surface area contributed by atoms with Crippen LogP contribution in [0.2, 0.25) is 5.15 Å². The monoisotopic (exact) mass is 321 g/mol. The Hall–Kier alpha value is -1.50. The number of amides is 1. The van der Waals surface area contributed by atoms with Crippen molar-refractivity contribution in [1.29, 1.82) is 0 Å². The summed E-state index contributed by atoms with van der Waals surface area (Å²) in [6, 6.07) is 2.64. The first-order valence-electron chi connectivity index (χ1n) is 6.58. The average Bonchev–Trinajstić information content (AvgIpc) is 3.16. The second kappa shape index (κ2) is 5.71. The first-order valence-corrected chi connectivity index (χ1v) is 6.96. The Morgan fingerprint density at radius 1 is 1.43 bits per heavy atom. The lowest BCUT2D eigenvalue weighted by atomic mass is 10.2. The first-order chi connectivity index (χ1) is 9.77. The fourth-order valence-electron chi connectivity index (χ4n) is 1.87. The number of halogens is 4. The van der Waals surface area contributed by atoms with Crippen molar-refractivity contribution in [2.24, 2.45) is 0 Å². The van der Waals surface area contributed by atoms with Crippen LogP contribution >= 0.6 is 11.6 Å². The van der Waals surface area contributed by atoms with E-state index in [0.29, 0.717) is 12.4 Å². The van der Waals surface area contributed by atoms with E-state index in [0.717, 1.165) is 6.42 Å². The Balaban J connectivity index is 2.14. The number of anilines is 1. The minimum absolute atomic E-state index is 0.0538. The van der Waals surface area contributed by atoms with E-state index in [9.17, 15) is 18.0 Å². The maximum absolute atomic E-state index is 12.8. The minimum Gasteiger partial charge on any atom is -0.370 e. The first kappa shape index (κ1) is 15.9. The van der Waals surface area contributed by atoms with E-state index in [1.54, 1.807) is 0 Å². The SMILES string of the molecule is CCCNc1cc(C(=O)NC2(C(F)(F)F)CC2)cc(Cl)n1. The molecule has 0 radical (unpaired) electrons. The Morgan fingerprint density at radius 3 is 2.62 bits per heavy atom. The van der Waals surface area contributed by atoms with Gasteiger partial charge in [-0.2, -0.15) is 13.2 Å². The van der Waals surface area contributed by atoms with Crippen molar-refractivity contribution in [2.45, 2.75) is 37.9 Å². The molecule has 0 unspecified atom stereocenters. The Kier molecular flexibility index (Phi) is 4.32. The topological polar surface area (TPSA) is 54.0 Å². The Bertz CT molecular complexity index is 544. The van der Waals surface area contributed by atoms with Crippen LogP contribution in [0.1, 0.15) is 36.5 Å². The van der Waals surface area contributed by atoms with Gasteiger partial charge in [-0.15, -0.1) is 0 Å². The fourth-order valence-corrected chi connectivity index (χ4v) is 2.07. The molecular formula is C13H15ClF3N3O. The second-order valence-corrected chi connectivity index (χ2v) is 5.41. The highest BCUT2D eigenvalue weighted by atomic mass is 35.5. The minimum atomic E-state index is -4.44. The van der Waals surface area contributed by atoms with Crippen LogP contribution in [0.3, 0.4) is 0 Å². The van der Waals surface area contributed by atoms with Gasteiger partial charge in [-0.25, -0.2) is 4.98 Å². The molecule has 0 atom stereocenters. The van der Waals surface area contributed by atoms with Gasteiger partial charge in [0.1, 0.15) is 16.5 Å². The smallest absolute Gasteiger partial charge is 0.370 e. The highest BCUT2D eigenvalue weighted by Gasteiger charge is 2.64. The number of aromatic nitrogens is 1. The lowest BCUT2D eigenvalue weighted by Gasteiger charge is -2.20. The van der Waals surface area contributed by atoms with Crippen LogP contribution in [-0.2, 0) is 0 Å². The molecule has 4 nitrogen and oxygen atoms in total. The molecule has 0 saturated heterocycles. The Morgan fingerprint density at radius 2 is 2.10 bits per heavy atom. The van der Waals surface area contributed by atoms with Gasteiger partial charge in [0.2, 0.25) is 0 Å². The number of hydrogen-bond acceptors (Lipinski definition) is 3. The van der Waals surface area contributed by atoms with Crippen molar-refractivity contribution in [2.75, 3.05) is 11.9 Å². The van der Waals surface area contributed by atoms with E-state index >= 15 is 0 Å². The molecule has 1 aliphatic rings. The molecule has 1 aromatic heterocycles. The van der Waals surface area contributed by atoms with Crippen LogP contribution in [0.4, 0.5) is 19.0 Å². The number of carbonyl (C=O) groups excluding carboxylic acids is 1. The number of nitrogens with zero attached hydrogens (tertiary/aromatic N) is 1. The van der Waals surface area contributed by atoms with Gasteiger partial charge >= 0.3 is 6.18 Å². The van der Waals surface area contributed by atoms with Crippen LogP contribution in [0.5, 0.6) is 0 Å². The maximum atomic E-state index is 12.8. The summed E-state index contributed by atoms with van der Waals surface area (Å²) in [6.07, 6.45) is -3.79. The van der Waals surface area contributed by atoms with Crippen molar-refractivity contribution in [3.63, 3.8) is 0 Å². The molecule has 1 amide bonds. The third kappa shape index (κ3) is 3.58. The standard InChI is InChI=1S/C13H15ClF3N3O/c1-2-5-18-10-7-8(6-9(14)19-10)11(21)20-12(3-4-12)13(15,16)17/h6-7H,2-5H2,1H3,(H,18,19)(H,20,21). The Labute approximate surface area is 125 Å². The number of hydrogen-bond donors (Lipinski definition) is 2. The number of alkyl halides is 3. The molecule has 0 aliphatic heterocycles. The molecule has 0 spiro atoms. The van der Waals surface area contributed by atoms with E-state index in [1.807, 2.05) is 6.92 Å². The summed E-state index contributed by atoms with van der Waals surface area (Å²) in [7, 11) is 0. The molecule has 1 saturated carbocycles. The summed E-state index contributed by atoms with van der Waals surface area (Å²) in [5, 5.41) is 5.05. The molecule has 2 rings (SSSR count). The van der Waals surface area contributed by atoms with Crippen molar-refractivity contribution in [3.05, 3.63) is 22.8 Å². The number of nitrogens with one attached hydrogen (secondary N) is 2. The van der Waals surface area contributed by atoms with Gasteiger partial charge in [-0.1, -0.05) is 18.5 Å². The molecule has 1 aromatic rings. The molecule has 1 fully saturated rings. The van der Waals surface area contributed by atoms with Crippen LogP contribution < -0.4 is 10.6 Å². The molecule has 21 heavy (non-hydrogen) atoms. The van der Waals surface area contributed by atoms with Gasteiger partial charge < -0.3 is 10.6 Å². The highest BCUT2D eigenvalue weighted by molar-refractivity contribution is 6.29. The zero-order valence-electron chi connectivity index (χ0n) is 11.4. The summed E-state index contributed by atoms with van der Waals surface area (Å²) in [6.45, 7) is 2.58. The zero-order chi connectivity index (χ0) is 15.7. The predicted molar refractivity (Wildman–Crippen MR) is 73.5 cm³/mol. The van der Waals surface area contributed by atoms with E-state index in [1.165, 1.54) is 12.1 Å². The molecular weight excluding hydrogens is 307 g/mol. The largest absolute Gasteiger partial charge is 0.411 e. The maximum Gasteiger partial charge on any atom is 0.411 e. The van der Waals surface area contributed by atoms with Gasteiger partial charge in [0.15, 0.2) is 0 Å². The van der Waals surface area contributed by atoms with Gasteiger partial charge in [-0.05, 0) is 31.4 Å². The third-order valence-corrected chi connectivity index (χ3v) is 3.45. The van der Waals surface area contributed by atoms with Gasteiger partial charge in [0, 0.05) is 12.1 Å². The van der Waals surface area contributed by atoms with E-state index in [2.05, 4.69) is 15.6 Å². The molecule has 1 heterocycles. The second-order valence-electron chi connectivity index (χ2n) is 5.02. The van der Waals surface area contributed by atoms with Gasteiger partial charge in [0.05, 0.1) is 0 Å². The molecule has 116 valence electrons. The molecule has 0 bridgehead atoms. The van der Waals surface area contributed by atoms with Crippen LogP contribution in [-0.4, -0.2) is 29.2 Å². The van der Waals surface area contributed by atoms with E-state index in [4.69, 9.17) is 11.6 Å². The average molecular weight is 322 g/mol. The summed E-state index contributed by atoms with van der Waals surface area (Å²) < 4.78 is 38.5. The lowest BCUT2D eigenvalue weighted by molar-refractivity contribution is -0.163. The summed E-state index contributed by atoms with van der Waals surface area (Å²) in [4.78, 5) is 16.0. The van der Waals surface area contributed by atoms with E-state index in [-0.39, 0.29) is 23.6 Å². The highest BCUT2D eigenvalue weighted by Crippen LogP contribution is 2.49. The normalized spacial score (nSPS) is 16.4. The summed E-state index contributed by atoms with van der Waals surface area (Å²) in [5.74, 6) is -0.431. The zero-order valence-corrected chi connectivity index (χ0v) is 12.1. The van der Waals surface area contributed by atoms with Gasteiger partial charge in [0.25, 0.3) is 5.91 Å². The summed E-state index contributed by atoms with van der Waals surface area (Å²) in [5.41, 5.74) is -2.03. The number of carbonyl (C=O) groups is 1. The van der Waals surface area contributed by atoms with Crippen LogP contribution in [0.25, 0.3) is 0 Å². The van der Waals surface area contributed by atoms with Crippen molar-refractivity contribution in [1.82, 2.24) is 10.3 Å². The molecule has 8 heteroatoms. The van der Waals surface area contributed by atoms with Crippen LogP contribution in [0, 0.1) is 0 Å². The quantitative estimate of drug-likeness (QED) is 0.817. The van der Waals surface area contributed by atoms with Gasteiger partial charge in [-0.3, -0.25) is 4.79 Å².